The standard InChI is InChI=1S/C19H18F4N2O3/c20-14-3-1-2-4-17(14)28-12-18(26)24-15-11-13(19(21,22)23)5-6-16(15)25-7-9-27-10-8-25/h1-6,11H,7-10,12H2,(H,24,26). The molecule has 1 saturated heterocycles. The van der Waals surface area contributed by atoms with Crippen LogP contribution >= 0.6 is 0 Å². The molecule has 1 fully saturated rings. The van der Waals surface area contributed by atoms with Crippen LogP contribution in [0.15, 0.2) is 42.5 Å². The number of rotatable bonds is 5. The first kappa shape index (κ1) is 19.9. The molecular weight excluding hydrogens is 380 g/mol. The first-order chi connectivity index (χ1) is 13.3. The maximum atomic E-state index is 13.6. The Morgan fingerprint density at radius 2 is 1.86 bits per heavy atom. The quantitative estimate of drug-likeness (QED) is 0.781. The minimum absolute atomic E-state index is 0.0128. The molecule has 1 heterocycles. The number of anilines is 2. The summed E-state index contributed by atoms with van der Waals surface area (Å²) < 4.78 is 63.2. The van der Waals surface area contributed by atoms with E-state index in [1.54, 1.807) is 6.07 Å². The molecule has 150 valence electrons. The number of nitrogens with zero attached hydrogens (tertiary/aromatic N) is 1. The van der Waals surface area contributed by atoms with Gasteiger partial charge in [-0.3, -0.25) is 4.79 Å². The largest absolute Gasteiger partial charge is 0.481 e. The van der Waals surface area contributed by atoms with E-state index in [4.69, 9.17) is 9.47 Å². The van der Waals surface area contributed by atoms with Gasteiger partial charge in [0.15, 0.2) is 18.2 Å². The van der Waals surface area contributed by atoms with Crippen molar-refractivity contribution in [3.63, 3.8) is 0 Å². The van der Waals surface area contributed by atoms with Gasteiger partial charge in [0.25, 0.3) is 5.91 Å². The fraction of sp³-hybridized carbons (Fsp3) is 0.316. The van der Waals surface area contributed by atoms with E-state index < -0.39 is 30.1 Å². The lowest BCUT2D eigenvalue weighted by atomic mass is 10.1. The summed E-state index contributed by atoms with van der Waals surface area (Å²) in [6, 6.07) is 8.71. The molecule has 0 radical (unpaired) electrons. The van der Waals surface area contributed by atoms with Gasteiger partial charge >= 0.3 is 6.18 Å². The molecule has 1 N–H and O–H groups in total. The Morgan fingerprint density at radius 1 is 1.14 bits per heavy atom. The zero-order valence-corrected chi connectivity index (χ0v) is 14.8. The van der Waals surface area contributed by atoms with E-state index in [1.165, 1.54) is 24.3 Å². The predicted molar refractivity (Wildman–Crippen MR) is 95.0 cm³/mol. The lowest BCUT2D eigenvalue weighted by molar-refractivity contribution is -0.137. The van der Waals surface area contributed by atoms with Gasteiger partial charge in [0.2, 0.25) is 0 Å². The van der Waals surface area contributed by atoms with Crippen LogP contribution < -0.4 is 15.0 Å². The normalized spacial score (nSPS) is 14.6. The number of hydrogen-bond acceptors (Lipinski definition) is 4. The van der Waals surface area contributed by atoms with Crippen molar-refractivity contribution in [2.75, 3.05) is 43.1 Å². The van der Waals surface area contributed by atoms with Gasteiger partial charge in [0.1, 0.15) is 0 Å². The van der Waals surface area contributed by atoms with Crippen molar-refractivity contribution >= 4 is 17.3 Å². The molecule has 5 nitrogen and oxygen atoms in total. The topological polar surface area (TPSA) is 50.8 Å². The minimum Gasteiger partial charge on any atom is -0.481 e. The molecule has 1 amide bonds. The van der Waals surface area contributed by atoms with Crippen LogP contribution in [-0.4, -0.2) is 38.8 Å². The van der Waals surface area contributed by atoms with Crippen LogP contribution in [0.3, 0.4) is 0 Å². The highest BCUT2D eigenvalue weighted by atomic mass is 19.4. The zero-order valence-electron chi connectivity index (χ0n) is 14.8. The van der Waals surface area contributed by atoms with Crippen LogP contribution in [0.1, 0.15) is 5.56 Å². The molecule has 0 aliphatic carbocycles. The maximum Gasteiger partial charge on any atom is 0.416 e. The molecule has 9 heteroatoms. The number of hydrogen-bond donors (Lipinski definition) is 1. The number of carbonyl (C=O) groups is 1. The van der Waals surface area contributed by atoms with E-state index in [0.717, 1.165) is 12.1 Å². The van der Waals surface area contributed by atoms with Gasteiger partial charge in [0, 0.05) is 13.1 Å². The summed E-state index contributed by atoms with van der Waals surface area (Å²) in [5, 5.41) is 2.44. The third kappa shape index (κ3) is 4.92. The highest BCUT2D eigenvalue weighted by molar-refractivity contribution is 5.95. The van der Waals surface area contributed by atoms with E-state index >= 15 is 0 Å². The molecule has 1 aliphatic rings. The molecule has 0 bridgehead atoms. The molecule has 1 aliphatic heterocycles. The van der Waals surface area contributed by atoms with Gasteiger partial charge in [-0.05, 0) is 30.3 Å². The zero-order chi connectivity index (χ0) is 20.1. The second-order valence-corrected chi connectivity index (χ2v) is 6.10. The van der Waals surface area contributed by atoms with Crippen LogP contribution in [0.2, 0.25) is 0 Å². The Bertz CT molecular complexity index is 836. The van der Waals surface area contributed by atoms with Crippen molar-refractivity contribution in [3.05, 3.63) is 53.8 Å². The maximum absolute atomic E-state index is 13.6. The van der Waals surface area contributed by atoms with Crippen molar-refractivity contribution in [2.24, 2.45) is 0 Å². The summed E-state index contributed by atoms with van der Waals surface area (Å²) in [4.78, 5) is 14.0. The van der Waals surface area contributed by atoms with Crippen LogP contribution in [0.4, 0.5) is 28.9 Å². The summed E-state index contributed by atoms with van der Waals surface area (Å²) in [6.07, 6.45) is -4.55. The van der Waals surface area contributed by atoms with Gasteiger partial charge < -0.3 is 19.7 Å². The van der Waals surface area contributed by atoms with Gasteiger partial charge in [-0.2, -0.15) is 13.2 Å². The number of nitrogens with one attached hydrogen (secondary N) is 1. The predicted octanol–water partition coefficient (Wildman–Crippen LogP) is 3.70. The number of benzene rings is 2. The van der Waals surface area contributed by atoms with E-state index in [0.29, 0.717) is 32.0 Å². The Morgan fingerprint density at radius 3 is 2.54 bits per heavy atom. The number of morpholine rings is 1. The van der Waals surface area contributed by atoms with Gasteiger partial charge in [-0.15, -0.1) is 0 Å². The Kier molecular flexibility index (Phi) is 6.03. The summed E-state index contributed by atoms with van der Waals surface area (Å²) in [5.74, 6) is -1.45. The molecule has 0 spiro atoms. The average Bonchev–Trinajstić information content (AvgIpc) is 2.67. The van der Waals surface area contributed by atoms with Gasteiger partial charge in [0.05, 0.1) is 30.2 Å². The molecule has 0 unspecified atom stereocenters. The van der Waals surface area contributed by atoms with Gasteiger partial charge in [-0.25, -0.2) is 4.39 Å². The highest BCUT2D eigenvalue weighted by Crippen LogP contribution is 2.35. The molecular formula is C19H18F4N2O3. The lowest BCUT2D eigenvalue weighted by Crippen LogP contribution is -2.37. The van der Waals surface area contributed by atoms with Crippen molar-refractivity contribution < 1.29 is 31.8 Å². The minimum atomic E-state index is -4.55. The van der Waals surface area contributed by atoms with Crippen LogP contribution in [0.5, 0.6) is 5.75 Å². The SMILES string of the molecule is O=C(COc1ccccc1F)Nc1cc(C(F)(F)F)ccc1N1CCOCC1. The van der Waals surface area contributed by atoms with E-state index in [1.807, 2.05) is 4.90 Å². The summed E-state index contributed by atoms with van der Waals surface area (Å²) in [5.41, 5.74) is -0.413. The number of alkyl halides is 3. The Balaban J connectivity index is 1.77. The summed E-state index contributed by atoms with van der Waals surface area (Å²) in [6.45, 7) is 1.30. The van der Waals surface area contributed by atoms with Crippen LogP contribution in [0, 0.1) is 5.82 Å². The molecule has 0 atom stereocenters. The smallest absolute Gasteiger partial charge is 0.416 e. The number of amides is 1. The number of halogens is 4. The number of para-hydroxylation sites is 1. The lowest BCUT2D eigenvalue weighted by Gasteiger charge is -2.31. The molecule has 28 heavy (non-hydrogen) atoms. The average molecular weight is 398 g/mol. The molecule has 2 aromatic carbocycles. The number of ether oxygens (including phenoxy) is 2. The monoisotopic (exact) mass is 398 g/mol. The first-order valence-corrected chi connectivity index (χ1v) is 8.56. The molecule has 2 aromatic rings. The third-order valence-corrected chi connectivity index (χ3v) is 4.15. The van der Waals surface area contributed by atoms with E-state index in [-0.39, 0.29) is 11.4 Å². The molecule has 0 aromatic heterocycles. The van der Waals surface area contributed by atoms with Crippen LogP contribution in [-0.2, 0) is 15.7 Å². The van der Waals surface area contributed by atoms with Crippen LogP contribution in [0.25, 0.3) is 0 Å². The van der Waals surface area contributed by atoms with Crippen molar-refractivity contribution in [1.82, 2.24) is 0 Å². The third-order valence-electron chi connectivity index (χ3n) is 4.15. The van der Waals surface area contributed by atoms with Crippen molar-refractivity contribution in [2.45, 2.75) is 6.18 Å². The second kappa shape index (κ2) is 8.47. The first-order valence-electron chi connectivity index (χ1n) is 8.56. The fourth-order valence-electron chi connectivity index (χ4n) is 2.78. The van der Waals surface area contributed by atoms with E-state index in [9.17, 15) is 22.4 Å². The Hall–Kier alpha value is -2.81. The highest BCUT2D eigenvalue weighted by Gasteiger charge is 2.32. The second-order valence-electron chi connectivity index (χ2n) is 6.10. The van der Waals surface area contributed by atoms with Crippen molar-refractivity contribution in [3.8, 4) is 5.75 Å². The Labute approximate surface area is 158 Å². The summed E-state index contributed by atoms with van der Waals surface area (Å²) in [7, 11) is 0. The number of carbonyl (C=O) groups excluding carboxylic acids is 1. The fourth-order valence-corrected chi connectivity index (χ4v) is 2.78. The molecule has 3 rings (SSSR count). The molecule has 0 saturated carbocycles. The van der Waals surface area contributed by atoms with Crippen molar-refractivity contribution in [1.29, 1.82) is 0 Å². The summed E-state index contributed by atoms with van der Waals surface area (Å²) >= 11 is 0. The van der Waals surface area contributed by atoms with Gasteiger partial charge in [-0.1, -0.05) is 12.1 Å². The van der Waals surface area contributed by atoms with E-state index in [2.05, 4.69) is 5.32 Å².